The van der Waals surface area contributed by atoms with Gasteiger partial charge in [-0.1, -0.05) is 6.08 Å². The number of nitrogens with zero attached hydrogens (tertiary/aromatic N) is 1. The predicted octanol–water partition coefficient (Wildman–Crippen LogP) is 1.75. The zero-order chi connectivity index (χ0) is 8.27. The van der Waals surface area contributed by atoms with Crippen LogP contribution >= 0.6 is 0 Å². The Kier molecular flexibility index (Phi) is 2.71. The van der Waals surface area contributed by atoms with Crippen molar-refractivity contribution in [2.45, 2.75) is 26.1 Å². The summed E-state index contributed by atoms with van der Waals surface area (Å²) in [6, 6.07) is 0.487. The molecule has 1 aliphatic rings. The summed E-state index contributed by atoms with van der Waals surface area (Å²) in [6.45, 7) is 4.30. The minimum absolute atomic E-state index is 0.111. The minimum atomic E-state index is 0.111. The highest BCUT2D eigenvalue weighted by atomic mass is 16.5. The summed E-state index contributed by atoms with van der Waals surface area (Å²) < 4.78 is 5.25. The lowest BCUT2D eigenvalue weighted by atomic mass is 10.2. The first-order valence-corrected chi connectivity index (χ1v) is 3.91. The SMILES string of the molecule is COC1C=CC=CN1C(C)C. The molecule has 1 atom stereocenters. The van der Waals surface area contributed by atoms with Crippen LogP contribution in [-0.2, 0) is 4.74 Å². The normalized spacial score (nSPS) is 23.3. The molecular formula is C9H15NO. The van der Waals surface area contributed by atoms with Crippen molar-refractivity contribution in [1.29, 1.82) is 0 Å². The lowest BCUT2D eigenvalue weighted by Gasteiger charge is -2.32. The summed E-state index contributed by atoms with van der Waals surface area (Å²) >= 11 is 0. The van der Waals surface area contributed by atoms with Crippen molar-refractivity contribution in [3.8, 4) is 0 Å². The summed E-state index contributed by atoms with van der Waals surface area (Å²) in [5, 5.41) is 0. The molecule has 0 saturated carbocycles. The molecule has 2 heteroatoms. The van der Waals surface area contributed by atoms with Crippen LogP contribution in [-0.4, -0.2) is 24.3 Å². The number of allylic oxidation sites excluding steroid dienone is 2. The number of hydrogen-bond donors (Lipinski definition) is 0. The van der Waals surface area contributed by atoms with Gasteiger partial charge >= 0.3 is 0 Å². The van der Waals surface area contributed by atoms with E-state index in [1.54, 1.807) is 7.11 Å². The highest BCUT2D eigenvalue weighted by Crippen LogP contribution is 2.12. The van der Waals surface area contributed by atoms with E-state index in [0.717, 1.165) is 0 Å². The van der Waals surface area contributed by atoms with Crippen molar-refractivity contribution in [3.63, 3.8) is 0 Å². The standard InChI is InChI=1S/C9H15NO/c1-8(2)10-7-5-4-6-9(10)11-3/h4-9H,1-3H3. The molecule has 0 aromatic heterocycles. The Bertz CT molecular complexity index is 172. The lowest BCUT2D eigenvalue weighted by molar-refractivity contribution is 0.0143. The van der Waals surface area contributed by atoms with Gasteiger partial charge in [0.2, 0.25) is 0 Å². The quantitative estimate of drug-likeness (QED) is 0.599. The van der Waals surface area contributed by atoms with E-state index < -0.39 is 0 Å². The maximum Gasteiger partial charge on any atom is 0.149 e. The average molecular weight is 153 g/mol. The molecule has 1 aliphatic heterocycles. The van der Waals surface area contributed by atoms with Gasteiger partial charge in [-0.05, 0) is 26.0 Å². The predicted molar refractivity (Wildman–Crippen MR) is 46.1 cm³/mol. The van der Waals surface area contributed by atoms with Gasteiger partial charge in [0.05, 0.1) is 0 Å². The molecule has 62 valence electrons. The van der Waals surface area contributed by atoms with E-state index >= 15 is 0 Å². The van der Waals surface area contributed by atoms with Crippen molar-refractivity contribution in [2.24, 2.45) is 0 Å². The van der Waals surface area contributed by atoms with Gasteiger partial charge in [0.1, 0.15) is 6.23 Å². The van der Waals surface area contributed by atoms with E-state index in [9.17, 15) is 0 Å². The molecule has 0 bridgehead atoms. The van der Waals surface area contributed by atoms with E-state index in [1.165, 1.54) is 0 Å². The molecule has 0 aromatic rings. The summed E-state index contributed by atoms with van der Waals surface area (Å²) in [4.78, 5) is 2.17. The molecular weight excluding hydrogens is 138 g/mol. The fourth-order valence-electron chi connectivity index (χ4n) is 1.16. The van der Waals surface area contributed by atoms with Crippen molar-refractivity contribution in [1.82, 2.24) is 4.90 Å². The van der Waals surface area contributed by atoms with Gasteiger partial charge in [0.15, 0.2) is 0 Å². The molecule has 0 aromatic carbocycles. The molecule has 2 nitrogen and oxygen atoms in total. The van der Waals surface area contributed by atoms with Crippen LogP contribution in [0.4, 0.5) is 0 Å². The maximum atomic E-state index is 5.25. The minimum Gasteiger partial charge on any atom is -0.358 e. The molecule has 1 rings (SSSR count). The number of ether oxygens (including phenoxy) is 1. The molecule has 0 fully saturated rings. The van der Waals surface area contributed by atoms with E-state index in [4.69, 9.17) is 4.74 Å². The Morgan fingerprint density at radius 1 is 1.36 bits per heavy atom. The van der Waals surface area contributed by atoms with Crippen molar-refractivity contribution < 1.29 is 4.74 Å². The van der Waals surface area contributed by atoms with Crippen LogP contribution in [0.5, 0.6) is 0 Å². The fourth-order valence-corrected chi connectivity index (χ4v) is 1.16. The first-order valence-electron chi connectivity index (χ1n) is 3.91. The Labute approximate surface area is 68.1 Å². The maximum absolute atomic E-state index is 5.25. The van der Waals surface area contributed by atoms with Crippen LogP contribution in [0.1, 0.15) is 13.8 Å². The zero-order valence-corrected chi connectivity index (χ0v) is 7.32. The molecule has 0 radical (unpaired) electrons. The van der Waals surface area contributed by atoms with Gasteiger partial charge in [0.25, 0.3) is 0 Å². The second kappa shape index (κ2) is 3.58. The molecule has 1 heterocycles. The second-order valence-electron chi connectivity index (χ2n) is 2.89. The average Bonchev–Trinajstić information content (AvgIpc) is 2.04. The molecule has 0 saturated heterocycles. The second-order valence-corrected chi connectivity index (χ2v) is 2.89. The fraction of sp³-hybridized carbons (Fsp3) is 0.556. The van der Waals surface area contributed by atoms with Crippen LogP contribution in [0.3, 0.4) is 0 Å². The number of hydrogen-bond acceptors (Lipinski definition) is 2. The van der Waals surface area contributed by atoms with Crippen LogP contribution < -0.4 is 0 Å². The van der Waals surface area contributed by atoms with E-state index in [1.807, 2.05) is 18.2 Å². The third-order valence-electron chi connectivity index (χ3n) is 1.78. The first-order chi connectivity index (χ1) is 5.25. The van der Waals surface area contributed by atoms with Gasteiger partial charge < -0.3 is 9.64 Å². The van der Waals surface area contributed by atoms with Crippen LogP contribution in [0.15, 0.2) is 24.4 Å². The van der Waals surface area contributed by atoms with Crippen molar-refractivity contribution in [2.75, 3.05) is 7.11 Å². The monoisotopic (exact) mass is 153 g/mol. The van der Waals surface area contributed by atoms with Gasteiger partial charge in [-0.2, -0.15) is 0 Å². The van der Waals surface area contributed by atoms with Crippen molar-refractivity contribution in [3.05, 3.63) is 24.4 Å². The van der Waals surface area contributed by atoms with Crippen LogP contribution in [0.25, 0.3) is 0 Å². The number of rotatable bonds is 2. The molecule has 0 spiro atoms. The Hall–Kier alpha value is -0.760. The smallest absolute Gasteiger partial charge is 0.149 e. The van der Waals surface area contributed by atoms with Crippen molar-refractivity contribution >= 4 is 0 Å². The van der Waals surface area contributed by atoms with Gasteiger partial charge in [-0.25, -0.2) is 0 Å². The topological polar surface area (TPSA) is 12.5 Å². The van der Waals surface area contributed by atoms with Crippen LogP contribution in [0, 0.1) is 0 Å². The molecule has 1 unspecified atom stereocenters. The van der Waals surface area contributed by atoms with E-state index in [-0.39, 0.29) is 6.23 Å². The zero-order valence-electron chi connectivity index (χ0n) is 7.32. The number of methoxy groups -OCH3 is 1. The van der Waals surface area contributed by atoms with Gasteiger partial charge in [-0.3, -0.25) is 0 Å². The summed E-state index contributed by atoms with van der Waals surface area (Å²) in [6.07, 6.45) is 8.24. The third-order valence-corrected chi connectivity index (χ3v) is 1.78. The highest BCUT2D eigenvalue weighted by molar-refractivity contribution is 5.11. The third kappa shape index (κ3) is 1.84. The van der Waals surface area contributed by atoms with Gasteiger partial charge in [-0.15, -0.1) is 0 Å². The Balaban J connectivity index is 2.63. The molecule has 0 amide bonds. The molecule has 11 heavy (non-hydrogen) atoms. The highest BCUT2D eigenvalue weighted by Gasteiger charge is 2.15. The summed E-state index contributed by atoms with van der Waals surface area (Å²) in [5.74, 6) is 0. The Morgan fingerprint density at radius 2 is 2.09 bits per heavy atom. The summed E-state index contributed by atoms with van der Waals surface area (Å²) in [7, 11) is 1.73. The van der Waals surface area contributed by atoms with E-state index in [0.29, 0.717) is 6.04 Å². The first kappa shape index (κ1) is 8.34. The largest absolute Gasteiger partial charge is 0.358 e. The lowest BCUT2D eigenvalue weighted by Crippen LogP contribution is -2.37. The molecule has 0 N–H and O–H groups in total. The molecule has 0 aliphatic carbocycles. The van der Waals surface area contributed by atoms with Crippen LogP contribution in [0.2, 0.25) is 0 Å². The summed E-state index contributed by atoms with van der Waals surface area (Å²) in [5.41, 5.74) is 0. The van der Waals surface area contributed by atoms with Gasteiger partial charge in [0, 0.05) is 19.4 Å². The van der Waals surface area contributed by atoms with E-state index in [2.05, 4.69) is 24.9 Å². The Morgan fingerprint density at radius 3 is 2.55 bits per heavy atom.